The predicted octanol–water partition coefficient (Wildman–Crippen LogP) is 2.59. The second-order valence-corrected chi connectivity index (χ2v) is 3.66. The van der Waals surface area contributed by atoms with Crippen LogP contribution in [-0.4, -0.2) is 11.6 Å². The van der Waals surface area contributed by atoms with E-state index in [0.29, 0.717) is 19.3 Å². The maximum Gasteiger partial charge on any atom is 0.181 e. The van der Waals surface area contributed by atoms with E-state index in [4.69, 9.17) is 0 Å². The molecule has 0 bridgehead atoms. The fraction of sp³-hybridized carbons (Fsp3) is 0.500. The molecule has 1 rings (SSSR count). The molecule has 0 atom stereocenters. The normalized spacial score (nSPS) is 18.9. The molecule has 2 nitrogen and oxygen atoms in total. The molecule has 0 aromatic heterocycles. The lowest BCUT2D eigenvalue weighted by Gasteiger charge is -2.03. The Hall–Kier alpha value is -1.18. The molecule has 1 aliphatic rings. The quantitative estimate of drug-likeness (QED) is 0.630. The van der Waals surface area contributed by atoms with Gasteiger partial charge in [0.15, 0.2) is 5.78 Å². The molecule has 0 saturated heterocycles. The van der Waals surface area contributed by atoms with Crippen LogP contribution in [0.5, 0.6) is 0 Å². The van der Waals surface area contributed by atoms with Gasteiger partial charge in [0.2, 0.25) is 0 Å². The lowest BCUT2D eigenvalue weighted by atomic mass is 10.0. The van der Waals surface area contributed by atoms with Gasteiger partial charge in [0, 0.05) is 12.8 Å². The van der Waals surface area contributed by atoms with Crippen molar-refractivity contribution in [1.29, 1.82) is 0 Å². The molecule has 2 heteroatoms. The molecule has 0 N–H and O–H groups in total. The highest BCUT2D eigenvalue weighted by atomic mass is 16.1. The first-order chi connectivity index (χ1) is 6.65. The van der Waals surface area contributed by atoms with E-state index >= 15 is 0 Å². The van der Waals surface area contributed by atoms with E-state index < -0.39 is 0 Å². The van der Waals surface area contributed by atoms with Crippen LogP contribution in [0.2, 0.25) is 0 Å². The van der Waals surface area contributed by atoms with Crippen molar-refractivity contribution in [1.82, 2.24) is 0 Å². The first-order valence-electron chi connectivity index (χ1n) is 5.02. The second kappa shape index (κ2) is 4.89. The zero-order valence-electron chi connectivity index (χ0n) is 8.80. The maximum atomic E-state index is 11.6. The molecule has 0 saturated carbocycles. The summed E-state index contributed by atoms with van der Waals surface area (Å²) in [5.74, 6) is 0.340. The molecule has 0 aromatic carbocycles. The lowest BCUT2D eigenvalue weighted by molar-refractivity contribution is -0.118. The Balaban J connectivity index is 2.83. The van der Waals surface area contributed by atoms with Crippen molar-refractivity contribution >= 4 is 11.6 Å². The third-order valence-electron chi connectivity index (χ3n) is 2.56. The Kier molecular flexibility index (Phi) is 3.81. The molecule has 0 radical (unpaired) electrons. The summed E-state index contributed by atoms with van der Waals surface area (Å²) in [5, 5.41) is 0. The summed E-state index contributed by atoms with van der Waals surface area (Å²) in [6.07, 6.45) is 5.81. The minimum Gasteiger partial charge on any atom is -0.300 e. The van der Waals surface area contributed by atoms with Crippen LogP contribution in [0.4, 0.5) is 0 Å². The van der Waals surface area contributed by atoms with Crippen LogP contribution in [-0.2, 0) is 9.59 Å². The monoisotopic (exact) mass is 192 g/mol. The Morgan fingerprint density at radius 1 is 1.21 bits per heavy atom. The maximum absolute atomic E-state index is 11.6. The van der Waals surface area contributed by atoms with Crippen LogP contribution in [0.3, 0.4) is 0 Å². The average Bonchev–Trinajstić information content (AvgIpc) is 2.30. The van der Waals surface area contributed by atoms with Gasteiger partial charge in [-0.25, -0.2) is 0 Å². The molecule has 0 aliphatic heterocycles. The van der Waals surface area contributed by atoms with Crippen LogP contribution in [0.1, 0.15) is 39.5 Å². The molecule has 0 heterocycles. The number of ketones is 2. The first kappa shape index (κ1) is 10.9. The van der Waals surface area contributed by atoms with Gasteiger partial charge in [-0.05, 0) is 38.3 Å². The number of rotatable bonds is 2. The highest BCUT2D eigenvalue weighted by molar-refractivity contribution is 6.05. The van der Waals surface area contributed by atoms with Crippen LogP contribution >= 0.6 is 0 Å². The molecule has 0 unspecified atom stereocenters. The Morgan fingerprint density at radius 2 is 1.86 bits per heavy atom. The van der Waals surface area contributed by atoms with Crippen molar-refractivity contribution in [3.63, 3.8) is 0 Å². The summed E-state index contributed by atoms with van der Waals surface area (Å²) < 4.78 is 0. The Bertz CT molecular complexity index is 308. The Morgan fingerprint density at radius 3 is 2.50 bits per heavy atom. The van der Waals surface area contributed by atoms with Crippen molar-refractivity contribution in [2.75, 3.05) is 0 Å². The largest absolute Gasteiger partial charge is 0.300 e. The van der Waals surface area contributed by atoms with Gasteiger partial charge in [0.25, 0.3) is 0 Å². The first-order valence-corrected chi connectivity index (χ1v) is 5.02. The molecule has 76 valence electrons. The summed E-state index contributed by atoms with van der Waals surface area (Å²) in [5.41, 5.74) is 1.92. The number of Topliss-reactive ketones (excluding diaryl/α,β-unsaturated/α-hetero) is 1. The average molecular weight is 192 g/mol. The zero-order valence-corrected chi connectivity index (χ0v) is 8.80. The van der Waals surface area contributed by atoms with Gasteiger partial charge in [0.1, 0.15) is 5.78 Å². The second-order valence-electron chi connectivity index (χ2n) is 3.66. The summed E-state index contributed by atoms with van der Waals surface area (Å²) in [6.45, 7) is 3.78. The number of carbonyl (C=O) groups excluding carboxylic acids is 2. The molecule has 0 amide bonds. The van der Waals surface area contributed by atoms with Gasteiger partial charge in [-0.15, -0.1) is 0 Å². The molecule has 0 fully saturated rings. The van der Waals surface area contributed by atoms with E-state index in [1.165, 1.54) is 0 Å². The van der Waals surface area contributed by atoms with Gasteiger partial charge in [0.05, 0.1) is 0 Å². The van der Waals surface area contributed by atoms with Gasteiger partial charge in [-0.1, -0.05) is 11.6 Å². The van der Waals surface area contributed by atoms with Gasteiger partial charge in [-0.2, -0.15) is 0 Å². The van der Waals surface area contributed by atoms with Crippen LogP contribution in [0, 0.1) is 0 Å². The van der Waals surface area contributed by atoms with Crippen LogP contribution < -0.4 is 0 Å². The van der Waals surface area contributed by atoms with Crippen molar-refractivity contribution in [3.05, 3.63) is 23.3 Å². The highest BCUT2D eigenvalue weighted by Gasteiger charge is 2.16. The van der Waals surface area contributed by atoms with Crippen molar-refractivity contribution in [2.45, 2.75) is 39.5 Å². The fourth-order valence-electron chi connectivity index (χ4n) is 1.67. The third-order valence-corrected chi connectivity index (χ3v) is 2.56. The number of hydrogen-bond donors (Lipinski definition) is 0. The fourth-order valence-corrected chi connectivity index (χ4v) is 1.67. The molecule has 14 heavy (non-hydrogen) atoms. The van der Waals surface area contributed by atoms with E-state index in [9.17, 15) is 9.59 Å². The van der Waals surface area contributed by atoms with E-state index in [1.54, 1.807) is 12.2 Å². The standard InChI is InChI=1S/C12H16O2/c1-3-4-12(14)11-8-7-10(13)6-5-9(11)2/h3-4H,5-8H2,1-2H3/b4-3+. The Labute approximate surface area is 84.7 Å². The molecule has 0 aromatic rings. The summed E-state index contributed by atoms with van der Waals surface area (Å²) >= 11 is 0. The number of allylic oxidation sites excluding steroid dienone is 4. The summed E-state index contributed by atoms with van der Waals surface area (Å²) in [6, 6.07) is 0. The highest BCUT2D eigenvalue weighted by Crippen LogP contribution is 2.22. The minimum absolute atomic E-state index is 0.0692. The summed E-state index contributed by atoms with van der Waals surface area (Å²) in [7, 11) is 0. The van der Waals surface area contributed by atoms with Crippen molar-refractivity contribution in [2.24, 2.45) is 0 Å². The lowest BCUT2D eigenvalue weighted by Crippen LogP contribution is -2.01. The molecular weight excluding hydrogens is 176 g/mol. The van der Waals surface area contributed by atoms with Crippen molar-refractivity contribution < 1.29 is 9.59 Å². The number of hydrogen-bond acceptors (Lipinski definition) is 2. The third kappa shape index (κ3) is 2.66. The van der Waals surface area contributed by atoms with Crippen LogP contribution in [0.25, 0.3) is 0 Å². The van der Waals surface area contributed by atoms with Crippen molar-refractivity contribution in [3.8, 4) is 0 Å². The number of carbonyl (C=O) groups is 2. The smallest absolute Gasteiger partial charge is 0.181 e. The summed E-state index contributed by atoms with van der Waals surface area (Å²) in [4.78, 5) is 22.8. The zero-order chi connectivity index (χ0) is 10.6. The molecule has 1 aliphatic carbocycles. The SMILES string of the molecule is C/C=C/C(=O)C1=C(C)CCC(=O)CC1. The van der Waals surface area contributed by atoms with E-state index in [2.05, 4.69) is 0 Å². The van der Waals surface area contributed by atoms with Crippen LogP contribution in [0.15, 0.2) is 23.3 Å². The van der Waals surface area contributed by atoms with E-state index in [0.717, 1.165) is 17.6 Å². The topological polar surface area (TPSA) is 34.1 Å². The van der Waals surface area contributed by atoms with Gasteiger partial charge < -0.3 is 0 Å². The molecule has 0 spiro atoms. The predicted molar refractivity (Wildman–Crippen MR) is 56.0 cm³/mol. The van der Waals surface area contributed by atoms with E-state index in [1.807, 2.05) is 13.8 Å². The van der Waals surface area contributed by atoms with Gasteiger partial charge >= 0.3 is 0 Å². The van der Waals surface area contributed by atoms with Gasteiger partial charge in [-0.3, -0.25) is 9.59 Å². The minimum atomic E-state index is 0.0692. The van der Waals surface area contributed by atoms with E-state index in [-0.39, 0.29) is 11.6 Å². The molecular formula is C12H16O2.